The highest BCUT2D eigenvalue weighted by Crippen LogP contribution is 2.34. The summed E-state index contributed by atoms with van der Waals surface area (Å²) in [5.41, 5.74) is 2.09. The number of hydrogen-bond donors (Lipinski definition) is 1. The SMILES string of the molecule is COc1cccc2nc(-c3cccnc3)nc(Nc3ccc(F)c(Cl)c3)c12. The summed E-state index contributed by atoms with van der Waals surface area (Å²) in [5, 5.41) is 3.94. The lowest BCUT2D eigenvalue weighted by atomic mass is 10.2. The number of nitrogens with one attached hydrogen (secondary N) is 1. The summed E-state index contributed by atoms with van der Waals surface area (Å²) >= 11 is 5.90. The van der Waals surface area contributed by atoms with Crippen LogP contribution < -0.4 is 10.1 Å². The molecule has 2 aromatic carbocycles. The molecule has 0 fully saturated rings. The molecule has 0 bridgehead atoms. The topological polar surface area (TPSA) is 59.9 Å². The summed E-state index contributed by atoms with van der Waals surface area (Å²) < 4.78 is 19.0. The Morgan fingerprint density at radius 3 is 2.70 bits per heavy atom. The van der Waals surface area contributed by atoms with Crippen LogP contribution in [-0.4, -0.2) is 22.1 Å². The Hall–Kier alpha value is -3.25. The molecule has 27 heavy (non-hydrogen) atoms. The van der Waals surface area contributed by atoms with Crippen LogP contribution >= 0.6 is 11.6 Å². The number of hydrogen-bond acceptors (Lipinski definition) is 5. The lowest BCUT2D eigenvalue weighted by molar-refractivity contribution is 0.420. The summed E-state index contributed by atoms with van der Waals surface area (Å²) in [6, 6.07) is 13.7. The molecular formula is C20H14ClFN4O. The normalized spacial score (nSPS) is 10.8. The molecule has 4 rings (SSSR count). The van der Waals surface area contributed by atoms with E-state index in [2.05, 4.69) is 20.3 Å². The Morgan fingerprint density at radius 2 is 1.96 bits per heavy atom. The van der Waals surface area contributed by atoms with Crippen molar-refractivity contribution in [2.75, 3.05) is 12.4 Å². The molecule has 2 heterocycles. The van der Waals surface area contributed by atoms with Crippen LogP contribution in [0.1, 0.15) is 0 Å². The number of ether oxygens (including phenoxy) is 1. The van der Waals surface area contributed by atoms with Gasteiger partial charge in [-0.2, -0.15) is 0 Å². The molecule has 0 aliphatic rings. The van der Waals surface area contributed by atoms with E-state index in [0.717, 1.165) is 5.56 Å². The minimum absolute atomic E-state index is 0.0257. The number of methoxy groups -OCH3 is 1. The van der Waals surface area contributed by atoms with Crippen LogP contribution in [0.3, 0.4) is 0 Å². The molecule has 0 aliphatic heterocycles. The first-order valence-corrected chi connectivity index (χ1v) is 8.51. The molecular weight excluding hydrogens is 367 g/mol. The van der Waals surface area contributed by atoms with Crippen molar-refractivity contribution in [2.45, 2.75) is 0 Å². The molecule has 7 heteroatoms. The van der Waals surface area contributed by atoms with Gasteiger partial charge in [0.25, 0.3) is 0 Å². The van der Waals surface area contributed by atoms with Gasteiger partial charge in [0.1, 0.15) is 17.4 Å². The minimum Gasteiger partial charge on any atom is -0.496 e. The number of halogens is 2. The highest BCUT2D eigenvalue weighted by molar-refractivity contribution is 6.31. The first-order valence-electron chi connectivity index (χ1n) is 8.13. The minimum atomic E-state index is -0.483. The smallest absolute Gasteiger partial charge is 0.163 e. The van der Waals surface area contributed by atoms with Gasteiger partial charge in [-0.15, -0.1) is 0 Å². The van der Waals surface area contributed by atoms with Crippen molar-refractivity contribution < 1.29 is 9.13 Å². The Balaban J connectivity index is 1.91. The second kappa shape index (κ2) is 7.17. The van der Waals surface area contributed by atoms with E-state index < -0.39 is 5.82 Å². The summed E-state index contributed by atoms with van der Waals surface area (Å²) in [4.78, 5) is 13.4. The van der Waals surface area contributed by atoms with Gasteiger partial charge in [0, 0.05) is 23.6 Å². The predicted molar refractivity (Wildman–Crippen MR) is 104 cm³/mol. The largest absolute Gasteiger partial charge is 0.496 e. The Morgan fingerprint density at radius 1 is 1.07 bits per heavy atom. The number of anilines is 2. The molecule has 0 radical (unpaired) electrons. The maximum absolute atomic E-state index is 13.5. The quantitative estimate of drug-likeness (QED) is 0.525. The van der Waals surface area contributed by atoms with Crippen LogP contribution in [0.2, 0.25) is 5.02 Å². The van der Waals surface area contributed by atoms with Gasteiger partial charge >= 0.3 is 0 Å². The van der Waals surface area contributed by atoms with Gasteiger partial charge in [0.2, 0.25) is 0 Å². The molecule has 5 nitrogen and oxygen atoms in total. The monoisotopic (exact) mass is 380 g/mol. The average molecular weight is 381 g/mol. The number of fused-ring (bicyclic) bond motifs is 1. The van der Waals surface area contributed by atoms with Crippen molar-refractivity contribution in [2.24, 2.45) is 0 Å². The lowest BCUT2D eigenvalue weighted by Crippen LogP contribution is -2.01. The molecule has 0 unspecified atom stereocenters. The third-order valence-corrected chi connectivity index (χ3v) is 4.30. The highest BCUT2D eigenvalue weighted by Gasteiger charge is 2.14. The van der Waals surface area contributed by atoms with Crippen LogP contribution in [0.15, 0.2) is 60.9 Å². The molecule has 2 aromatic heterocycles. The van der Waals surface area contributed by atoms with Gasteiger partial charge in [0.05, 0.1) is 23.0 Å². The first kappa shape index (κ1) is 17.2. The van der Waals surface area contributed by atoms with Gasteiger partial charge in [0.15, 0.2) is 5.82 Å². The van der Waals surface area contributed by atoms with Crippen molar-refractivity contribution in [3.63, 3.8) is 0 Å². The second-order valence-corrected chi connectivity index (χ2v) is 6.15. The molecule has 0 spiro atoms. The van der Waals surface area contributed by atoms with Crippen molar-refractivity contribution >= 4 is 34.0 Å². The van der Waals surface area contributed by atoms with Crippen LogP contribution in [0.4, 0.5) is 15.9 Å². The zero-order chi connectivity index (χ0) is 18.8. The van der Waals surface area contributed by atoms with E-state index in [-0.39, 0.29) is 5.02 Å². The molecule has 0 atom stereocenters. The summed E-state index contributed by atoms with van der Waals surface area (Å²) in [7, 11) is 1.59. The summed E-state index contributed by atoms with van der Waals surface area (Å²) in [5.74, 6) is 1.18. The second-order valence-electron chi connectivity index (χ2n) is 5.75. The fourth-order valence-corrected chi connectivity index (χ4v) is 2.93. The highest BCUT2D eigenvalue weighted by atomic mass is 35.5. The zero-order valence-corrected chi connectivity index (χ0v) is 15.0. The molecule has 0 saturated heterocycles. The van der Waals surface area contributed by atoms with Crippen LogP contribution in [-0.2, 0) is 0 Å². The number of pyridine rings is 1. The van der Waals surface area contributed by atoms with Crippen molar-refractivity contribution in [1.82, 2.24) is 15.0 Å². The number of nitrogens with zero attached hydrogens (tertiary/aromatic N) is 3. The Kier molecular flexibility index (Phi) is 4.56. The number of aromatic nitrogens is 3. The summed E-state index contributed by atoms with van der Waals surface area (Å²) in [6.45, 7) is 0. The third kappa shape index (κ3) is 3.39. The molecule has 4 aromatic rings. The van der Waals surface area contributed by atoms with Gasteiger partial charge in [-0.1, -0.05) is 17.7 Å². The fraction of sp³-hybridized carbons (Fsp3) is 0.0500. The lowest BCUT2D eigenvalue weighted by Gasteiger charge is -2.13. The maximum atomic E-state index is 13.5. The Bertz CT molecular complexity index is 1120. The van der Waals surface area contributed by atoms with E-state index in [1.54, 1.807) is 25.6 Å². The predicted octanol–water partition coefficient (Wildman–Crippen LogP) is 5.24. The van der Waals surface area contributed by atoms with E-state index in [9.17, 15) is 4.39 Å². The van der Waals surface area contributed by atoms with Gasteiger partial charge in [-0.3, -0.25) is 4.98 Å². The van der Waals surface area contributed by atoms with Gasteiger partial charge in [-0.05, 0) is 42.5 Å². The fourth-order valence-electron chi connectivity index (χ4n) is 2.75. The maximum Gasteiger partial charge on any atom is 0.163 e. The van der Waals surface area contributed by atoms with Crippen molar-refractivity contribution in [3.05, 3.63) is 71.8 Å². The summed E-state index contributed by atoms with van der Waals surface area (Å²) in [6.07, 6.45) is 3.38. The van der Waals surface area contributed by atoms with E-state index in [1.807, 2.05) is 30.3 Å². The number of benzene rings is 2. The average Bonchev–Trinajstić information content (AvgIpc) is 2.70. The van der Waals surface area contributed by atoms with Gasteiger partial charge in [-0.25, -0.2) is 14.4 Å². The van der Waals surface area contributed by atoms with Gasteiger partial charge < -0.3 is 10.1 Å². The first-order chi connectivity index (χ1) is 13.2. The zero-order valence-electron chi connectivity index (χ0n) is 14.3. The number of rotatable bonds is 4. The molecule has 0 saturated carbocycles. The van der Waals surface area contributed by atoms with Crippen LogP contribution in [0.5, 0.6) is 5.75 Å². The van der Waals surface area contributed by atoms with E-state index in [4.69, 9.17) is 16.3 Å². The third-order valence-electron chi connectivity index (χ3n) is 4.01. The van der Waals surface area contributed by atoms with Crippen LogP contribution in [0.25, 0.3) is 22.3 Å². The van der Waals surface area contributed by atoms with Crippen LogP contribution in [0, 0.1) is 5.82 Å². The van der Waals surface area contributed by atoms with E-state index in [1.165, 1.54) is 12.1 Å². The molecule has 134 valence electrons. The van der Waals surface area contributed by atoms with Crippen molar-refractivity contribution in [1.29, 1.82) is 0 Å². The molecule has 0 amide bonds. The Labute approximate surface area is 159 Å². The molecule has 1 N–H and O–H groups in total. The van der Waals surface area contributed by atoms with E-state index >= 15 is 0 Å². The van der Waals surface area contributed by atoms with Crippen molar-refractivity contribution in [3.8, 4) is 17.1 Å². The standard InChI is InChI=1S/C20H14ClFN4O/c1-27-17-6-2-5-16-18(17)20(24-13-7-8-15(22)14(21)10-13)26-19(25-16)12-4-3-9-23-11-12/h2-11H,1H3,(H,24,25,26). The molecule has 0 aliphatic carbocycles. The van der Waals surface area contributed by atoms with E-state index in [0.29, 0.717) is 34.0 Å².